The zero-order valence-electron chi connectivity index (χ0n) is 10.9. The number of aryl methyl sites for hydroxylation is 2. The minimum atomic E-state index is -3.15. The molecule has 100 valence electrons. The summed E-state index contributed by atoms with van der Waals surface area (Å²) in [4.78, 5) is 0. The van der Waals surface area contributed by atoms with Gasteiger partial charge in [-0.1, -0.05) is 30.2 Å². The van der Waals surface area contributed by atoms with Crippen LogP contribution in [0.15, 0.2) is 18.2 Å². The molecule has 1 fully saturated rings. The van der Waals surface area contributed by atoms with Crippen molar-refractivity contribution < 1.29 is 13.5 Å². The lowest BCUT2D eigenvalue weighted by atomic mass is 9.97. The molecule has 0 saturated carbocycles. The van der Waals surface area contributed by atoms with Crippen LogP contribution in [0.3, 0.4) is 0 Å². The number of hydrogen-bond acceptors (Lipinski definition) is 3. The molecule has 1 aromatic rings. The van der Waals surface area contributed by atoms with Gasteiger partial charge in [0.25, 0.3) is 0 Å². The quantitative estimate of drug-likeness (QED) is 0.895. The van der Waals surface area contributed by atoms with Crippen LogP contribution in [-0.2, 0) is 9.84 Å². The maximum atomic E-state index is 12.0. The molecular formula is C14H20O3S. The highest BCUT2D eigenvalue weighted by Gasteiger charge is 2.35. The molecule has 0 aromatic heterocycles. The highest BCUT2D eigenvalue weighted by atomic mass is 32.2. The molecule has 1 N–H and O–H groups in total. The molecule has 1 heterocycles. The SMILES string of the molecule is Cc1ccc(C(O)C2CCCCS2(=O)=O)c(C)c1. The van der Waals surface area contributed by atoms with Gasteiger partial charge in [0.1, 0.15) is 0 Å². The Morgan fingerprint density at radius 1 is 1.28 bits per heavy atom. The normalized spacial score (nSPS) is 24.7. The largest absolute Gasteiger partial charge is 0.387 e. The van der Waals surface area contributed by atoms with Crippen molar-refractivity contribution in [1.29, 1.82) is 0 Å². The van der Waals surface area contributed by atoms with Crippen molar-refractivity contribution in [3.8, 4) is 0 Å². The Morgan fingerprint density at radius 3 is 2.61 bits per heavy atom. The first kappa shape index (κ1) is 13.6. The molecule has 0 radical (unpaired) electrons. The van der Waals surface area contributed by atoms with Gasteiger partial charge in [-0.15, -0.1) is 0 Å². The third-order valence-electron chi connectivity index (χ3n) is 3.72. The van der Waals surface area contributed by atoms with Crippen molar-refractivity contribution in [3.05, 3.63) is 34.9 Å². The van der Waals surface area contributed by atoms with E-state index in [1.807, 2.05) is 32.0 Å². The van der Waals surface area contributed by atoms with E-state index in [4.69, 9.17) is 0 Å². The van der Waals surface area contributed by atoms with Crippen molar-refractivity contribution in [3.63, 3.8) is 0 Å². The van der Waals surface area contributed by atoms with Gasteiger partial charge in [-0.2, -0.15) is 0 Å². The summed E-state index contributed by atoms with van der Waals surface area (Å²) in [7, 11) is -3.15. The van der Waals surface area contributed by atoms with E-state index in [9.17, 15) is 13.5 Å². The summed E-state index contributed by atoms with van der Waals surface area (Å²) < 4.78 is 24.0. The van der Waals surface area contributed by atoms with Gasteiger partial charge >= 0.3 is 0 Å². The van der Waals surface area contributed by atoms with Gasteiger partial charge in [0, 0.05) is 0 Å². The second kappa shape index (κ2) is 5.02. The Hall–Kier alpha value is -0.870. The maximum Gasteiger partial charge on any atom is 0.156 e. The van der Waals surface area contributed by atoms with Crippen molar-refractivity contribution in [1.82, 2.24) is 0 Å². The van der Waals surface area contributed by atoms with Gasteiger partial charge in [0.05, 0.1) is 17.1 Å². The molecule has 1 aromatic carbocycles. The van der Waals surface area contributed by atoms with E-state index in [1.54, 1.807) is 0 Å². The van der Waals surface area contributed by atoms with Gasteiger partial charge in [0.2, 0.25) is 0 Å². The van der Waals surface area contributed by atoms with Gasteiger partial charge in [-0.05, 0) is 37.8 Å². The summed E-state index contributed by atoms with van der Waals surface area (Å²) >= 11 is 0. The van der Waals surface area contributed by atoms with Crippen LogP contribution in [0.4, 0.5) is 0 Å². The predicted octanol–water partition coefficient (Wildman–Crippen LogP) is 2.30. The molecule has 0 spiro atoms. The predicted molar refractivity (Wildman–Crippen MR) is 72.3 cm³/mol. The summed E-state index contributed by atoms with van der Waals surface area (Å²) in [6.07, 6.45) is 1.28. The summed E-state index contributed by atoms with van der Waals surface area (Å²) in [5.74, 6) is 0.208. The van der Waals surface area contributed by atoms with Crippen LogP contribution in [0.25, 0.3) is 0 Å². The van der Waals surface area contributed by atoms with E-state index in [1.165, 1.54) is 0 Å². The zero-order valence-corrected chi connectivity index (χ0v) is 11.7. The van der Waals surface area contributed by atoms with Gasteiger partial charge < -0.3 is 5.11 Å². The van der Waals surface area contributed by atoms with Crippen LogP contribution >= 0.6 is 0 Å². The van der Waals surface area contributed by atoms with Crippen molar-refractivity contribution in [2.75, 3.05) is 5.75 Å². The maximum absolute atomic E-state index is 12.0. The van der Waals surface area contributed by atoms with E-state index in [2.05, 4.69) is 0 Å². The second-order valence-electron chi connectivity index (χ2n) is 5.21. The number of sulfone groups is 1. The first-order valence-electron chi connectivity index (χ1n) is 6.38. The fourth-order valence-corrected chi connectivity index (χ4v) is 4.67. The van der Waals surface area contributed by atoms with Crippen molar-refractivity contribution >= 4 is 9.84 Å². The van der Waals surface area contributed by atoms with E-state index in [-0.39, 0.29) is 5.75 Å². The number of aliphatic hydroxyl groups is 1. The van der Waals surface area contributed by atoms with Crippen LogP contribution < -0.4 is 0 Å². The van der Waals surface area contributed by atoms with Crippen molar-refractivity contribution in [2.24, 2.45) is 0 Å². The second-order valence-corrected chi connectivity index (χ2v) is 7.55. The third kappa shape index (κ3) is 2.59. The molecule has 4 heteroatoms. The topological polar surface area (TPSA) is 54.4 Å². The Kier molecular flexibility index (Phi) is 3.78. The molecule has 1 aliphatic rings. The molecule has 3 nitrogen and oxygen atoms in total. The summed E-state index contributed by atoms with van der Waals surface area (Å²) in [5.41, 5.74) is 2.83. The number of aliphatic hydroxyl groups excluding tert-OH is 1. The van der Waals surface area contributed by atoms with E-state index in [0.29, 0.717) is 6.42 Å². The zero-order chi connectivity index (χ0) is 13.3. The molecule has 18 heavy (non-hydrogen) atoms. The Morgan fingerprint density at radius 2 is 2.00 bits per heavy atom. The fraction of sp³-hybridized carbons (Fsp3) is 0.571. The monoisotopic (exact) mass is 268 g/mol. The van der Waals surface area contributed by atoms with Crippen LogP contribution in [0, 0.1) is 13.8 Å². The Labute approximate surface area is 109 Å². The van der Waals surface area contributed by atoms with Gasteiger partial charge in [-0.25, -0.2) is 8.42 Å². The lowest BCUT2D eigenvalue weighted by molar-refractivity contribution is 0.163. The van der Waals surface area contributed by atoms with Gasteiger partial charge in [0.15, 0.2) is 9.84 Å². The third-order valence-corrected chi connectivity index (χ3v) is 6.00. The minimum absolute atomic E-state index is 0.208. The summed E-state index contributed by atoms with van der Waals surface area (Å²) in [6, 6.07) is 5.74. The lowest BCUT2D eigenvalue weighted by Crippen LogP contribution is -2.34. The van der Waals surface area contributed by atoms with E-state index >= 15 is 0 Å². The molecule has 1 aliphatic heterocycles. The van der Waals surface area contributed by atoms with Crippen LogP contribution in [0.2, 0.25) is 0 Å². The summed E-state index contributed by atoms with van der Waals surface area (Å²) in [5, 5.41) is 9.74. The molecule has 0 aliphatic carbocycles. The standard InChI is InChI=1S/C14H20O3S/c1-10-6-7-12(11(2)9-10)14(15)13-5-3-4-8-18(13,16)17/h6-7,9,13-15H,3-5,8H2,1-2H3. The molecule has 1 saturated heterocycles. The lowest BCUT2D eigenvalue weighted by Gasteiger charge is -2.27. The van der Waals surface area contributed by atoms with Gasteiger partial charge in [-0.3, -0.25) is 0 Å². The molecule has 0 amide bonds. The highest BCUT2D eigenvalue weighted by molar-refractivity contribution is 7.92. The molecule has 0 bridgehead atoms. The first-order valence-corrected chi connectivity index (χ1v) is 8.10. The highest BCUT2D eigenvalue weighted by Crippen LogP contribution is 2.32. The van der Waals surface area contributed by atoms with E-state index < -0.39 is 21.2 Å². The minimum Gasteiger partial charge on any atom is -0.387 e. The number of hydrogen-bond donors (Lipinski definition) is 1. The van der Waals surface area contributed by atoms with Crippen LogP contribution in [0.5, 0.6) is 0 Å². The van der Waals surface area contributed by atoms with E-state index in [0.717, 1.165) is 29.5 Å². The molecule has 2 unspecified atom stereocenters. The first-order chi connectivity index (χ1) is 8.42. The van der Waals surface area contributed by atoms with Crippen LogP contribution in [0.1, 0.15) is 42.1 Å². The molecule has 2 atom stereocenters. The number of benzene rings is 1. The van der Waals surface area contributed by atoms with Crippen LogP contribution in [-0.4, -0.2) is 24.5 Å². The average Bonchev–Trinajstić information content (AvgIpc) is 2.27. The molecule has 2 rings (SSSR count). The average molecular weight is 268 g/mol. The number of rotatable bonds is 2. The Bertz CT molecular complexity index is 534. The molecular weight excluding hydrogens is 248 g/mol. The summed E-state index contributed by atoms with van der Waals surface area (Å²) in [6.45, 7) is 3.90. The Balaban J connectivity index is 2.33. The fourth-order valence-electron chi connectivity index (χ4n) is 2.69. The van der Waals surface area contributed by atoms with Crippen molar-refractivity contribution in [2.45, 2.75) is 44.5 Å². The smallest absolute Gasteiger partial charge is 0.156 e.